The number of ether oxygens (including phenoxy) is 1. The molecule has 2 aliphatic rings. The molecule has 0 amide bonds. The fraction of sp³-hybridized carbons (Fsp3) is 0.600. The summed E-state index contributed by atoms with van der Waals surface area (Å²) >= 11 is 0. The number of halogens is 4. The zero-order valence-corrected chi connectivity index (χ0v) is 17.5. The van der Waals surface area contributed by atoms with E-state index in [-0.39, 0.29) is 0 Å². The zero-order chi connectivity index (χ0) is 21.6. The van der Waals surface area contributed by atoms with E-state index >= 15 is 0 Å². The molecule has 0 bridgehead atoms. The van der Waals surface area contributed by atoms with Crippen LogP contribution in [0.3, 0.4) is 0 Å². The lowest BCUT2D eigenvalue weighted by atomic mass is 9.69. The molecular formula is C25H30F4O. The molecule has 3 rings (SSSR count). The van der Waals surface area contributed by atoms with Crippen molar-refractivity contribution in [3.63, 3.8) is 0 Å². The second kappa shape index (κ2) is 10.4. The Balaban J connectivity index is 1.45. The Kier molecular flexibility index (Phi) is 7.86. The summed E-state index contributed by atoms with van der Waals surface area (Å²) in [7, 11) is 0. The highest BCUT2D eigenvalue weighted by atomic mass is 19.4. The molecule has 0 aromatic heterocycles. The highest BCUT2D eigenvalue weighted by molar-refractivity contribution is 5.41. The van der Waals surface area contributed by atoms with E-state index in [0.29, 0.717) is 11.5 Å². The predicted octanol–water partition coefficient (Wildman–Crippen LogP) is 7.65. The first kappa shape index (κ1) is 22.7. The lowest BCUT2D eigenvalue weighted by Crippen LogP contribution is -2.25. The Morgan fingerprint density at radius 1 is 1.00 bits per heavy atom. The summed E-state index contributed by atoms with van der Waals surface area (Å²) in [5, 5.41) is 0. The van der Waals surface area contributed by atoms with Crippen LogP contribution in [-0.2, 0) is 0 Å². The maximum atomic E-state index is 13.7. The first-order valence-corrected chi connectivity index (χ1v) is 11.1. The van der Waals surface area contributed by atoms with E-state index in [1.54, 1.807) is 6.08 Å². The molecule has 164 valence electrons. The largest absolute Gasteiger partial charge is 0.573 e. The van der Waals surface area contributed by atoms with E-state index in [2.05, 4.69) is 29.6 Å². The van der Waals surface area contributed by atoms with E-state index in [4.69, 9.17) is 0 Å². The molecule has 0 saturated heterocycles. The first-order valence-electron chi connectivity index (χ1n) is 11.1. The van der Waals surface area contributed by atoms with Crippen LogP contribution in [0.4, 0.5) is 17.6 Å². The van der Waals surface area contributed by atoms with Crippen LogP contribution in [0, 0.1) is 41.3 Å². The van der Waals surface area contributed by atoms with Crippen LogP contribution in [0.15, 0.2) is 30.4 Å². The lowest BCUT2D eigenvalue weighted by Gasteiger charge is -2.37. The Morgan fingerprint density at radius 3 is 2.20 bits per heavy atom. The summed E-state index contributed by atoms with van der Waals surface area (Å²) in [4.78, 5) is 0. The molecule has 1 aromatic rings. The van der Waals surface area contributed by atoms with E-state index in [0.717, 1.165) is 29.9 Å². The molecule has 30 heavy (non-hydrogen) atoms. The number of allylic oxidation sites excluding steroid dienone is 2. The number of rotatable bonds is 4. The van der Waals surface area contributed by atoms with E-state index in [9.17, 15) is 17.6 Å². The third-order valence-corrected chi connectivity index (χ3v) is 6.78. The average molecular weight is 423 g/mol. The van der Waals surface area contributed by atoms with Gasteiger partial charge < -0.3 is 4.74 Å². The quantitative estimate of drug-likeness (QED) is 0.358. The van der Waals surface area contributed by atoms with Gasteiger partial charge in [0.05, 0.1) is 0 Å². The maximum absolute atomic E-state index is 13.7. The van der Waals surface area contributed by atoms with Crippen LogP contribution < -0.4 is 4.74 Å². The van der Waals surface area contributed by atoms with Gasteiger partial charge in [-0.1, -0.05) is 44.1 Å². The summed E-state index contributed by atoms with van der Waals surface area (Å²) in [6.07, 6.45) is 10.9. The minimum absolute atomic E-state index is 0.318. The van der Waals surface area contributed by atoms with Crippen LogP contribution in [0.1, 0.15) is 70.3 Å². The highest BCUT2D eigenvalue weighted by Gasteiger charge is 2.32. The van der Waals surface area contributed by atoms with Crippen molar-refractivity contribution in [3.8, 4) is 17.6 Å². The Hall–Kier alpha value is -1.96. The van der Waals surface area contributed by atoms with Crippen molar-refractivity contribution < 1.29 is 22.3 Å². The molecule has 5 heteroatoms. The average Bonchev–Trinajstić information content (AvgIpc) is 2.73. The second-order valence-electron chi connectivity index (χ2n) is 8.69. The summed E-state index contributed by atoms with van der Waals surface area (Å²) in [6, 6.07) is 3.23. The number of benzene rings is 1. The number of alkyl halides is 3. The van der Waals surface area contributed by atoms with Crippen molar-refractivity contribution in [1.29, 1.82) is 0 Å². The summed E-state index contributed by atoms with van der Waals surface area (Å²) in [6.45, 7) is 2.30. The third kappa shape index (κ3) is 6.79. The van der Waals surface area contributed by atoms with Crippen LogP contribution >= 0.6 is 0 Å². The number of hydrogen-bond donors (Lipinski definition) is 0. The zero-order valence-electron chi connectivity index (χ0n) is 17.5. The van der Waals surface area contributed by atoms with Gasteiger partial charge in [-0.15, -0.1) is 13.2 Å². The van der Waals surface area contributed by atoms with Gasteiger partial charge in [0.2, 0.25) is 0 Å². The molecule has 1 aromatic carbocycles. The van der Waals surface area contributed by atoms with Crippen molar-refractivity contribution in [2.45, 2.75) is 71.1 Å². The van der Waals surface area contributed by atoms with Gasteiger partial charge in [0.1, 0.15) is 0 Å². The maximum Gasteiger partial charge on any atom is 0.573 e. The topological polar surface area (TPSA) is 9.23 Å². The molecule has 0 N–H and O–H groups in total. The number of hydrogen-bond acceptors (Lipinski definition) is 1. The van der Waals surface area contributed by atoms with Gasteiger partial charge in [0.15, 0.2) is 11.6 Å². The first-order chi connectivity index (χ1) is 14.3. The standard InChI is InChI=1S/C25H30F4O/c1-2-18-7-12-21(13-8-18)22-14-9-19(10-15-22)5-3-4-6-20-11-16-24(23(26)17-20)30-25(27,28)29/h3,5,11,16-19,21-22H,2,7-10,12-15H2,1H3. The molecule has 0 spiro atoms. The third-order valence-electron chi connectivity index (χ3n) is 6.78. The Bertz CT molecular complexity index is 771. The molecule has 0 radical (unpaired) electrons. The summed E-state index contributed by atoms with van der Waals surface area (Å²) in [5.74, 6) is 6.98. The predicted molar refractivity (Wildman–Crippen MR) is 110 cm³/mol. The van der Waals surface area contributed by atoms with E-state index < -0.39 is 17.9 Å². The fourth-order valence-corrected chi connectivity index (χ4v) is 4.97. The summed E-state index contributed by atoms with van der Waals surface area (Å²) < 4.78 is 53.9. The van der Waals surface area contributed by atoms with Crippen molar-refractivity contribution >= 4 is 0 Å². The monoisotopic (exact) mass is 422 g/mol. The molecule has 0 atom stereocenters. The Labute approximate surface area is 176 Å². The molecule has 2 aliphatic carbocycles. The molecule has 0 aliphatic heterocycles. The van der Waals surface area contributed by atoms with Gasteiger partial charge in [-0.05, 0) is 86.5 Å². The molecule has 0 unspecified atom stereocenters. The SMILES string of the molecule is CCC1CCC(C2CCC(C=CC#Cc3ccc(OC(F)(F)F)c(F)c3)CC2)CC1. The molecule has 0 heterocycles. The van der Waals surface area contributed by atoms with Crippen molar-refractivity contribution in [1.82, 2.24) is 0 Å². The van der Waals surface area contributed by atoms with Crippen molar-refractivity contribution in [2.24, 2.45) is 23.7 Å². The Morgan fingerprint density at radius 2 is 1.63 bits per heavy atom. The fourth-order valence-electron chi connectivity index (χ4n) is 4.97. The van der Waals surface area contributed by atoms with Crippen LogP contribution in [0.2, 0.25) is 0 Å². The van der Waals surface area contributed by atoms with Gasteiger partial charge in [-0.3, -0.25) is 0 Å². The molecule has 1 nitrogen and oxygen atoms in total. The second-order valence-corrected chi connectivity index (χ2v) is 8.69. The minimum Gasteiger partial charge on any atom is -0.403 e. The van der Waals surface area contributed by atoms with E-state index in [1.165, 1.54) is 63.9 Å². The van der Waals surface area contributed by atoms with E-state index in [1.807, 2.05) is 0 Å². The smallest absolute Gasteiger partial charge is 0.403 e. The van der Waals surface area contributed by atoms with Crippen molar-refractivity contribution in [3.05, 3.63) is 41.7 Å². The van der Waals surface area contributed by atoms with Crippen LogP contribution in [0.25, 0.3) is 0 Å². The molecular weight excluding hydrogens is 392 g/mol. The van der Waals surface area contributed by atoms with Crippen LogP contribution in [-0.4, -0.2) is 6.36 Å². The summed E-state index contributed by atoms with van der Waals surface area (Å²) in [5.41, 5.74) is 0.318. The lowest BCUT2D eigenvalue weighted by molar-refractivity contribution is -0.275. The van der Waals surface area contributed by atoms with Crippen molar-refractivity contribution in [2.75, 3.05) is 0 Å². The highest BCUT2D eigenvalue weighted by Crippen LogP contribution is 2.42. The molecule has 2 fully saturated rings. The van der Waals surface area contributed by atoms with Gasteiger partial charge in [0.25, 0.3) is 0 Å². The minimum atomic E-state index is -4.91. The van der Waals surface area contributed by atoms with Gasteiger partial charge in [-0.2, -0.15) is 0 Å². The van der Waals surface area contributed by atoms with Gasteiger partial charge >= 0.3 is 6.36 Å². The normalized spacial score (nSPS) is 27.5. The van der Waals surface area contributed by atoms with Crippen LogP contribution in [0.5, 0.6) is 5.75 Å². The molecule has 2 saturated carbocycles. The van der Waals surface area contributed by atoms with Gasteiger partial charge in [0, 0.05) is 5.56 Å². The van der Waals surface area contributed by atoms with Gasteiger partial charge in [-0.25, -0.2) is 4.39 Å².